The highest BCUT2D eigenvalue weighted by Crippen LogP contribution is 2.20. The van der Waals surface area contributed by atoms with Crippen LogP contribution < -0.4 is 5.73 Å². The van der Waals surface area contributed by atoms with E-state index in [0.29, 0.717) is 5.02 Å². The SMILES string of the molecule is NC(Cc1cc2cc(Cl)ccc2[nH]1)C(=O)O. The molecule has 1 atom stereocenters. The molecule has 0 aliphatic rings. The third-order valence-corrected chi connectivity index (χ3v) is 2.63. The van der Waals surface area contributed by atoms with Gasteiger partial charge in [-0.2, -0.15) is 0 Å². The number of hydrogen-bond donors (Lipinski definition) is 3. The molecule has 5 heteroatoms. The number of halogens is 1. The van der Waals surface area contributed by atoms with Gasteiger partial charge in [0.1, 0.15) is 6.04 Å². The molecular formula is C11H11ClN2O2. The van der Waals surface area contributed by atoms with Crippen LogP contribution in [0.3, 0.4) is 0 Å². The number of nitrogens with two attached hydrogens (primary N) is 1. The van der Waals surface area contributed by atoms with Crippen LogP contribution in [0.2, 0.25) is 5.02 Å². The number of carboxylic acid groups (broad SMARTS) is 1. The van der Waals surface area contributed by atoms with Crippen LogP contribution in [0.5, 0.6) is 0 Å². The van der Waals surface area contributed by atoms with Gasteiger partial charge in [-0.05, 0) is 24.3 Å². The number of benzene rings is 1. The minimum absolute atomic E-state index is 0.279. The van der Waals surface area contributed by atoms with Gasteiger partial charge < -0.3 is 15.8 Å². The molecule has 1 unspecified atom stereocenters. The molecule has 0 aliphatic heterocycles. The zero-order valence-electron chi connectivity index (χ0n) is 8.40. The van der Waals surface area contributed by atoms with E-state index in [2.05, 4.69) is 4.98 Å². The van der Waals surface area contributed by atoms with Crippen molar-refractivity contribution in [2.45, 2.75) is 12.5 Å². The fourth-order valence-corrected chi connectivity index (χ4v) is 1.78. The van der Waals surface area contributed by atoms with Gasteiger partial charge in [0.05, 0.1) is 0 Å². The van der Waals surface area contributed by atoms with Gasteiger partial charge in [0.15, 0.2) is 0 Å². The van der Waals surface area contributed by atoms with Crippen molar-refractivity contribution in [3.05, 3.63) is 35.0 Å². The highest BCUT2D eigenvalue weighted by Gasteiger charge is 2.13. The number of carboxylic acids is 1. The molecule has 2 rings (SSSR count). The standard InChI is InChI=1S/C11H11ClN2O2/c12-7-1-2-10-6(3-7)4-8(14-10)5-9(13)11(15)16/h1-4,9,14H,5,13H2,(H,15,16). The van der Waals surface area contributed by atoms with Crippen LogP contribution in [0.25, 0.3) is 10.9 Å². The van der Waals surface area contributed by atoms with Crippen LogP contribution in [0.15, 0.2) is 24.3 Å². The summed E-state index contributed by atoms with van der Waals surface area (Å²) in [6.07, 6.45) is 0.279. The summed E-state index contributed by atoms with van der Waals surface area (Å²) in [5, 5.41) is 10.3. The summed E-state index contributed by atoms with van der Waals surface area (Å²) in [4.78, 5) is 13.7. The van der Waals surface area contributed by atoms with E-state index in [4.69, 9.17) is 22.4 Å². The smallest absolute Gasteiger partial charge is 0.320 e. The predicted octanol–water partition coefficient (Wildman–Crippen LogP) is 1.78. The van der Waals surface area contributed by atoms with E-state index >= 15 is 0 Å². The lowest BCUT2D eigenvalue weighted by molar-refractivity contribution is -0.138. The maximum Gasteiger partial charge on any atom is 0.320 e. The molecule has 0 aliphatic carbocycles. The molecular weight excluding hydrogens is 228 g/mol. The second kappa shape index (κ2) is 4.15. The van der Waals surface area contributed by atoms with Crippen LogP contribution in [-0.2, 0) is 11.2 Å². The van der Waals surface area contributed by atoms with E-state index in [1.165, 1.54) is 0 Å². The zero-order valence-corrected chi connectivity index (χ0v) is 9.16. The highest BCUT2D eigenvalue weighted by molar-refractivity contribution is 6.31. The van der Waals surface area contributed by atoms with Gasteiger partial charge >= 0.3 is 5.97 Å². The van der Waals surface area contributed by atoms with Gasteiger partial charge in [-0.25, -0.2) is 0 Å². The number of nitrogens with one attached hydrogen (secondary N) is 1. The van der Waals surface area contributed by atoms with Crippen LogP contribution in [0, 0.1) is 0 Å². The highest BCUT2D eigenvalue weighted by atomic mass is 35.5. The maximum atomic E-state index is 10.6. The minimum atomic E-state index is -1.00. The average molecular weight is 239 g/mol. The van der Waals surface area contributed by atoms with Crippen LogP contribution in [0.4, 0.5) is 0 Å². The van der Waals surface area contributed by atoms with Gasteiger partial charge in [0.25, 0.3) is 0 Å². The van der Waals surface area contributed by atoms with Crippen molar-refractivity contribution >= 4 is 28.5 Å². The number of aromatic amines is 1. The first-order valence-electron chi connectivity index (χ1n) is 4.82. The number of hydrogen-bond acceptors (Lipinski definition) is 2. The van der Waals surface area contributed by atoms with Crippen LogP contribution in [0.1, 0.15) is 5.69 Å². The van der Waals surface area contributed by atoms with E-state index in [1.807, 2.05) is 18.2 Å². The van der Waals surface area contributed by atoms with E-state index in [9.17, 15) is 4.79 Å². The first kappa shape index (κ1) is 11.0. The van der Waals surface area contributed by atoms with E-state index < -0.39 is 12.0 Å². The molecule has 1 heterocycles. The minimum Gasteiger partial charge on any atom is -0.480 e. The number of rotatable bonds is 3. The molecule has 0 radical (unpaired) electrons. The van der Waals surface area contributed by atoms with E-state index in [1.54, 1.807) is 6.07 Å². The Bertz CT molecular complexity index is 536. The molecule has 84 valence electrons. The molecule has 4 nitrogen and oxygen atoms in total. The fraction of sp³-hybridized carbons (Fsp3) is 0.182. The Balaban J connectivity index is 2.29. The molecule has 16 heavy (non-hydrogen) atoms. The largest absolute Gasteiger partial charge is 0.480 e. The van der Waals surface area contributed by atoms with Crippen molar-refractivity contribution in [1.82, 2.24) is 4.98 Å². The molecule has 0 saturated carbocycles. The zero-order chi connectivity index (χ0) is 11.7. The molecule has 0 bridgehead atoms. The number of aromatic nitrogens is 1. The van der Waals surface area contributed by atoms with E-state index in [0.717, 1.165) is 16.6 Å². The Morgan fingerprint density at radius 2 is 2.25 bits per heavy atom. The summed E-state index contributed by atoms with van der Waals surface area (Å²) in [5.74, 6) is -1.00. The third-order valence-electron chi connectivity index (χ3n) is 2.40. The lowest BCUT2D eigenvalue weighted by atomic mass is 10.1. The Morgan fingerprint density at radius 1 is 1.50 bits per heavy atom. The molecule has 1 aromatic carbocycles. The van der Waals surface area contributed by atoms with Crippen molar-refractivity contribution < 1.29 is 9.90 Å². The van der Waals surface area contributed by atoms with Crippen molar-refractivity contribution in [1.29, 1.82) is 0 Å². The van der Waals surface area contributed by atoms with Crippen molar-refractivity contribution in [2.24, 2.45) is 5.73 Å². The first-order valence-corrected chi connectivity index (χ1v) is 5.19. The summed E-state index contributed by atoms with van der Waals surface area (Å²) in [6, 6.07) is 6.44. The Hall–Kier alpha value is -1.52. The topological polar surface area (TPSA) is 79.1 Å². The van der Waals surface area contributed by atoms with E-state index in [-0.39, 0.29) is 6.42 Å². The van der Waals surface area contributed by atoms with Crippen LogP contribution in [-0.4, -0.2) is 22.1 Å². The summed E-state index contributed by atoms with van der Waals surface area (Å²) in [7, 11) is 0. The second-order valence-electron chi connectivity index (χ2n) is 3.68. The molecule has 4 N–H and O–H groups in total. The number of fused-ring (bicyclic) bond motifs is 1. The molecule has 0 amide bonds. The Kier molecular flexibility index (Phi) is 2.85. The van der Waals surface area contributed by atoms with Gasteiger partial charge in [-0.15, -0.1) is 0 Å². The predicted molar refractivity (Wildman–Crippen MR) is 62.6 cm³/mol. The van der Waals surface area contributed by atoms with Gasteiger partial charge in [0, 0.05) is 28.0 Å². The average Bonchev–Trinajstić information content (AvgIpc) is 2.58. The van der Waals surface area contributed by atoms with Crippen molar-refractivity contribution in [3.8, 4) is 0 Å². The molecule has 0 fully saturated rings. The summed E-state index contributed by atoms with van der Waals surface area (Å²) >= 11 is 5.85. The van der Waals surface area contributed by atoms with Gasteiger partial charge in [0.2, 0.25) is 0 Å². The first-order chi connectivity index (χ1) is 7.56. The van der Waals surface area contributed by atoms with Crippen molar-refractivity contribution in [2.75, 3.05) is 0 Å². The van der Waals surface area contributed by atoms with Gasteiger partial charge in [-0.3, -0.25) is 4.79 Å². The quantitative estimate of drug-likeness (QED) is 0.763. The van der Waals surface area contributed by atoms with Crippen LogP contribution >= 0.6 is 11.6 Å². The third kappa shape index (κ3) is 2.18. The summed E-state index contributed by atoms with van der Waals surface area (Å²) < 4.78 is 0. The monoisotopic (exact) mass is 238 g/mol. The fourth-order valence-electron chi connectivity index (χ4n) is 1.60. The maximum absolute atomic E-state index is 10.6. The summed E-state index contributed by atoms with van der Waals surface area (Å²) in [6.45, 7) is 0. The van der Waals surface area contributed by atoms with Gasteiger partial charge in [-0.1, -0.05) is 11.6 Å². The lowest BCUT2D eigenvalue weighted by Crippen LogP contribution is -2.32. The number of H-pyrrole nitrogens is 1. The normalized spacial score (nSPS) is 12.9. The Morgan fingerprint density at radius 3 is 2.94 bits per heavy atom. The van der Waals surface area contributed by atoms with Crippen molar-refractivity contribution in [3.63, 3.8) is 0 Å². The lowest BCUT2D eigenvalue weighted by Gasteiger charge is -2.02. The number of aliphatic carboxylic acids is 1. The molecule has 0 saturated heterocycles. The molecule has 2 aromatic rings. The Labute approximate surface area is 97.0 Å². The molecule has 1 aromatic heterocycles. The summed E-state index contributed by atoms with van der Waals surface area (Å²) in [5.41, 5.74) is 7.18. The second-order valence-corrected chi connectivity index (χ2v) is 4.11. The molecule has 0 spiro atoms. The number of carbonyl (C=O) groups is 1.